The standard InChI is InChI=1S/C14H22N2O3/c1-16(6-7-17)10-14(18)15-9-12-4-3-5-13(8-12)11-19-2/h3-5,8,17H,6-7,9-11H2,1-2H3,(H,15,18). The van der Waals surface area contributed by atoms with Gasteiger partial charge in [-0.05, 0) is 18.2 Å². The average molecular weight is 266 g/mol. The Morgan fingerprint density at radius 2 is 2.16 bits per heavy atom. The minimum atomic E-state index is -0.0481. The zero-order valence-electron chi connectivity index (χ0n) is 11.6. The molecule has 0 aliphatic rings. The highest BCUT2D eigenvalue weighted by Crippen LogP contribution is 2.06. The summed E-state index contributed by atoms with van der Waals surface area (Å²) in [6, 6.07) is 7.93. The van der Waals surface area contributed by atoms with Crippen LogP contribution in [0.1, 0.15) is 11.1 Å². The fourth-order valence-corrected chi connectivity index (χ4v) is 1.75. The highest BCUT2D eigenvalue weighted by molar-refractivity contribution is 5.77. The van der Waals surface area contributed by atoms with Gasteiger partial charge in [-0.2, -0.15) is 0 Å². The second kappa shape index (κ2) is 8.63. The number of aliphatic hydroxyl groups is 1. The molecular formula is C14H22N2O3. The van der Waals surface area contributed by atoms with Gasteiger partial charge in [0.1, 0.15) is 0 Å². The van der Waals surface area contributed by atoms with Crippen LogP contribution in [0.4, 0.5) is 0 Å². The van der Waals surface area contributed by atoms with E-state index in [0.717, 1.165) is 11.1 Å². The fraction of sp³-hybridized carbons (Fsp3) is 0.500. The van der Waals surface area contributed by atoms with Crippen LogP contribution in [-0.2, 0) is 22.7 Å². The first-order chi connectivity index (χ1) is 9.15. The largest absolute Gasteiger partial charge is 0.395 e. The minimum Gasteiger partial charge on any atom is -0.395 e. The van der Waals surface area contributed by atoms with E-state index in [9.17, 15) is 4.79 Å². The summed E-state index contributed by atoms with van der Waals surface area (Å²) in [4.78, 5) is 13.4. The van der Waals surface area contributed by atoms with Crippen LogP contribution in [0.25, 0.3) is 0 Å². The molecule has 5 heteroatoms. The van der Waals surface area contributed by atoms with Crippen LogP contribution >= 0.6 is 0 Å². The van der Waals surface area contributed by atoms with Gasteiger partial charge in [0.25, 0.3) is 0 Å². The first-order valence-corrected chi connectivity index (χ1v) is 6.28. The summed E-state index contributed by atoms with van der Waals surface area (Å²) in [6.45, 7) is 1.92. The minimum absolute atomic E-state index is 0.0481. The van der Waals surface area contributed by atoms with Crippen molar-refractivity contribution in [2.24, 2.45) is 0 Å². The van der Waals surface area contributed by atoms with Crippen LogP contribution in [-0.4, -0.2) is 49.8 Å². The first-order valence-electron chi connectivity index (χ1n) is 6.28. The van der Waals surface area contributed by atoms with E-state index in [1.54, 1.807) is 19.1 Å². The number of benzene rings is 1. The van der Waals surface area contributed by atoms with E-state index in [1.165, 1.54) is 0 Å². The highest BCUT2D eigenvalue weighted by atomic mass is 16.5. The molecule has 106 valence electrons. The number of likely N-dealkylation sites (N-methyl/N-ethyl adjacent to an activating group) is 1. The number of amides is 1. The Morgan fingerprint density at radius 1 is 1.42 bits per heavy atom. The molecule has 0 aromatic heterocycles. The summed E-state index contributed by atoms with van der Waals surface area (Å²) in [5, 5.41) is 11.6. The Labute approximate surface area is 114 Å². The Balaban J connectivity index is 2.39. The van der Waals surface area contributed by atoms with Gasteiger partial charge in [0, 0.05) is 20.2 Å². The summed E-state index contributed by atoms with van der Waals surface area (Å²) >= 11 is 0. The third kappa shape index (κ3) is 6.33. The van der Waals surface area contributed by atoms with Crippen molar-refractivity contribution < 1.29 is 14.6 Å². The number of methoxy groups -OCH3 is 1. The van der Waals surface area contributed by atoms with Crippen LogP contribution in [0.5, 0.6) is 0 Å². The average Bonchev–Trinajstić information content (AvgIpc) is 2.37. The van der Waals surface area contributed by atoms with Crippen LogP contribution < -0.4 is 5.32 Å². The lowest BCUT2D eigenvalue weighted by molar-refractivity contribution is -0.122. The monoisotopic (exact) mass is 266 g/mol. The molecule has 0 atom stereocenters. The quantitative estimate of drug-likeness (QED) is 0.714. The molecule has 0 unspecified atom stereocenters. The fourth-order valence-electron chi connectivity index (χ4n) is 1.75. The molecule has 1 aromatic carbocycles. The molecule has 0 aliphatic heterocycles. The first kappa shape index (κ1) is 15.6. The highest BCUT2D eigenvalue weighted by Gasteiger charge is 2.05. The number of rotatable bonds is 8. The molecule has 2 N–H and O–H groups in total. The molecule has 0 bridgehead atoms. The Bertz CT molecular complexity index is 396. The summed E-state index contributed by atoms with van der Waals surface area (Å²) in [5.41, 5.74) is 2.14. The predicted molar refractivity (Wildman–Crippen MR) is 73.6 cm³/mol. The predicted octanol–water partition coefficient (Wildman–Crippen LogP) is 0.373. The van der Waals surface area contributed by atoms with Crippen LogP contribution in [0.3, 0.4) is 0 Å². The smallest absolute Gasteiger partial charge is 0.234 e. The molecule has 5 nitrogen and oxygen atoms in total. The number of carbonyl (C=O) groups excluding carboxylic acids is 1. The van der Waals surface area contributed by atoms with Gasteiger partial charge in [0.05, 0.1) is 19.8 Å². The van der Waals surface area contributed by atoms with Crippen LogP contribution in [0.2, 0.25) is 0 Å². The zero-order valence-corrected chi connectivity index (χ0v) is 11.6. The number of nitrogens with one attached hydrogen (secondary N) is 1. The Morgan fingerprint density at radius 3 is 2.84 bits per heavy atom. The van der Waals surface area contributed by atoms with Crippen molar-refractivity contribution in [2.75, 3.05) is 33.9 Å². The number of carbonyl (C=O) groups is 1. The van der Waals surface area contributed by atoms with E-state index in [0.29, 0.717) is 26.2 Å². The molecule has 19 heavy (non-hydrogen) atoms. The van der Waals surface area contributed by atoms with Gasteiger partial charge in [-0.15, -0.1) is 0 Å². The molecule has 1 amide bonds. The van der Waals surface area contributed by atoms with E-state index in [1.807, 2.05) is 24.3 Å². The van der Waals surface area contributed by atoms with Crippen molar-refractivity contribution in [3.8, 4) is 0 Å². The Hall–Kier alpha value is -1.43. The number of hydrogen-bond donors (Lipinski definition) is 2. The second-order valence-corrected chi connectivity index (χ2v) is 4.49. The molecule has 0 radical (unpaired) electrons. The van der Waals surface area contributed by atoms with Gasteiger partial charge >= 0.3 is 0 Å². The summed E-state index contributed by atoms with van der Waals surface area (Å²) < 4.78 is 5.07. The van der Waals surface area contributed by atoms with E-state index in [-0.39, 0.29) is 12.5 Å². The maximum atomic E-state index is 11.7. The lowest BCUT2D eigenvalue weighted by atomic mass is 10.1. The van der Waals surface area contributed by atoms with Gasteiger partial charge in [0.15, 0.2) is 0 Å². The van der Waals surface area contributed by atoms with Crippen molar-refractivity contribution in [2.45, 2.75) is 13.2 Å². The zero-order chi connectivity index (χ0) is 14.1. The van der Waals surface area contributed by atoms with Gasteiger partial charge in [-0.25, -0.2) is 0 Å². The van der Waals surface area contributed by atoms with E-state index in [4.69, 9.17) is 9.84 Å². The van der Waals surface area contributed by atoms with Gasteiger partial charge in [0.2, 0.25) is 5.91 Å². The van der Waals surface area contributed by atoms with Crippen molar-refractivity contribution in [3.63, 3.8) is 0 Å². The molecule has 0 saturated heterocycles. The third-order valence-corrected chi connectivity index (χ3v) is 2.69. The molecule has 0 spiro atoms. The number of ether oxygens (including phenoxy) is 1. The lowest BCUT2D eigenvalue weighted by Crippen LogP contribution is -2.36. The maximum Gasteiger partial charge on any atom is 0.234 e. The van der Waals surface area contributed by atoms with Gasteiger partial charge < -0.3 is 15.2 Å². The molecule has 0 heterocycles. The van der Waals surface area contributed by atoms with E-state index >= 15 is 0 Å². The van der Waals surface area contributed by atoms with Gasteiger partial charge in [-0.1, -0.05) is 24.3 Å². The van der Waals surface area contributed by atoms with Gasteiger partial charge in [-0.3, -0.25) is 9.69 Å². The number of nitrogens with zero attached hydrogens (tertiary/aromatic N) is 1. The maximum absolute atomic E-state index is 11.7. The second-order valence-electron chi connectivity index (χ2n) is 4.49. The summed E-state index contributed by atoms with van der Waals surface area (Å²) in [5.74, 6) is -0.0481. The number of hydrogen-bond acceptors (Lipinski definition) is 4. The SMILES string of the molecule is COCc1cccc(CNC(=O)CN(C)CCO)c1. The van der Waals surface area contributed by atoms with E-state index in [2.05, 4.69) is 5.32 Å². The molecule has 0 fully saturated rings. The molecular weight excluding hydrogens is 244 g/mol. The van der Waals surface area contributed by atoms with Crippen molar-refractivity contribution in [1.82, 2.24) is 10.2 Å². The molecule has 1 aromatic rings. The molecule has 1 rings (SSSR count). The van der Waals surface area contributed by atoms with Crippen LogP contribution in [0, 0.1) is 0 Å². The normalized spacial score (nSPS) is 10.7. The molecule has 0 saturated carbocycles. The number of aliphatic hydroxyl groups excluding tert-OH is 1. The van der Waals surface area contributed by atoms with Crippen molar-refractivity contribution in [1.29, 1.82) is 0 Å². The third-order valence-electron chi connectivity index (χ3n) is 2.69. The lowest BCUT2D eigenvalue weighted by Gasteiger charge is -2.14. The summed E-state index contributed by atoms with van der Waals surface area (Å²) in [7, 11) is 3.46. The Kier molecular flexibility index (Phi) is 7.10. The molecule has 0 aliphatic carbocycles. The van der Waals surface area contributed by atoms with E-state index < -0.39 is 0 Å². The van der Waals surface area contributed by atoms with Crippen molar-refractivity contribution in [3.05, 3.63) is 35.4 Å². The van der Waals surface area contributed by atoms with Crippen LogP contribution in [0.15, 0.2) is 24.3 Å². The summed E-state index contributed by atoms with van der Waals surface area (Å²) in [6.07, 6.45) is 0. The topological polar surface area (TPSA) is 61.8 Å². The van der Waals surface area contributed by atoms with Crippen molar-refractivity contribution >= 4 is 5.91 Å².